The number of nitrogens with zero attached hydrogens (tertiary/aromatic N) is 2. The molecule has 4 aromatic carbocycles. The lowest BCUT2D eigenvalue weighted by atomic mass is 10.0. The van der Waals surface area contributed by atoms with Crippen LogP contribution in [0.2, 0.25) is 0 Å². The van der Waals surface area contributed by atoms with Gasteiger partial charge in [-0.15, -0.1) is 0 Å². The Labute approximate surface area is 199 Å². The lowest BCUT2D eigenvalue weighted by Gasteiger charge is -2.10. The zero-order valence-corrected chi connectivity index (χ0v) is 18.3. The van der Waals surface area contributed by atoms with E-state index in [9.17, 15) is 19.7 Å². The van der Waals surface area contributed by atoms with Gasteiger partial charge in [-0.05, 0) is 41.1 Å². The van der Waals surface area contributed by atoms with Crippen molar-refractivity contribution >= 4 is 34.6 Å². The molecule has 1 N–H and O–H groups in total. The zero-order valence-electron chi connectivity index (χ0n) is 18.3. The van der Waals surface area contributed by atoms with Crippen molar-refractivity contribution in [3.05, 3.63) is 112 Å². The molecule has 0 atom stereocenters. The van der Waals surface area contributed by atoms with Crippen molar-refractivity contribution in [3.63, 3.8) is 0 Å². The van der Waals surface area contributed by atoms with Crippen molar-refractivity contribution < 1.29 is 24.0 Å². The second kappa shape index (κ2) is 10.7. The highest BCUT2D eigenvalue weighted by Crippen LogP contribution is 2.27. The van der Waals surface area contributed by atoms with E-state index in [0.29, 0.717) is 16.9 Å². The smallest absolute Gasteiger partial charge is 0.343 e. The lowest BCUT2D eigenvalue weighted by Crippen LogP contribution is -2.24. The Kier molecular flexibility index (Phi) is 7.08. The highest BCUT2D eigenvalue weighted by Gasteiger charge is 2.13. The molecule has 174 valence electrons. The highest BCUT2D eigenvalue weighted by molar-refractivity contribution is 6.04. The largest absolute Gasteiger partial charge is 0.484 e. The van der Waals surface area contributed by atoms with Gasteiger partial charge in [0.2, 0.25) is 0 Å². The third-order valence-electron chi connectivity index (χ3n) is 4.94. The van der Waals surface area contributed by atoms with E-state index in [2.05, 4.69) is 10.5 Å². The molecule has 0 saturated carbocycles. The van der Waals surface area contributed by atoms with E-state index in [4.69, 9.17) is 9.47 Å². The van der Waals surface area contributed by atoms with Crippen LogP contribution < -0.4 is 14.9 Å². The normalized spacial score (nSPS) is 10.7. The maximum Gasteiger partial charge on any atom is 0.343 e. The molecule has 0 unspecified atom stereocenters. The van der Waals surface area contributed by atoms with Gasteiger partial charge in [-0.1, -0.05) is 48.5 Å². The van der Waals surface area contributed by atoms with Gasteiger partial charge >= 0.3 is 5.97 Å². The zero-order chi connectivity index (χ0) is 24.6. The number of hydrogen-bond donors (Lipinski definition) is 1. The number of carbonyl (C=O) groups is 2. The minimum absolute atomic E-state index is 0.0785. The van der Waals surface area contributed by atoms with Crippen LogP contribution in [-0.4, -0.2) is 29.6 Å². The van der Waals surface area contributed by atoms with Gasteiger partial charge in [0.25, 0.3) is 11.6 Å². The van der Waals surface area contributed by atoms with E-state index in [1.807, 2.05) is 30.3 Å². The Morgan fingerprint density at radius 1 is 0.914 bits per heavy atom. The maximum absolute atomic E-state index is 12.6. The molecule has 0 fully saturated rings. The van der Waals surface area contributed by atoms with Gasteiger partial charge in [0.05, 0.1) is 16.7 Å². The minimum Gasteiger partial charge on any atom is -0.484 e. The number of nitro benzene ring substituents is 1. The van der Waals surface area contributed by atoms with Gasteiger partial charge in [0.1, 0.15) is 11.5 Å². The first-order valence-electron chi connectivity index (χ1n) is 10.5. The molecule has 4 rings (SSSR count). The molecule has 35 heavy (non-hydrogen) atoms. The van der Waals surface area contributed by atoms with E-state index < -0.39 is 16.8 Å². The van der Waals surface area contributed by atoms with E-state index in [-0.39, 0.29) is 18.0 Å². The number of rotatable bonds is 8. The number of hydrogen-bond acceptors (Lipinski definition) is 7. The average Bonchev–Trinajstić information content (AvgIpc) is 2.89. The van der Waals surface area contributed by atoms with Crippen LogP contribution in [0.1, 0.15) is 15.9 Å². The van der Waals surface area contributed by atoms with Gasteiger partial charge in [0, 0.05) is 17.7 Å². The number of hydrazone groups is 1. The molecule has 0 saturated heterocycles. The Hall–Kier alpha value is -5.05. The first kappa shape index (κ1) is 23.1. The Balaban J connectivity index is 1.46. The molecule has 9 heteroatoms. The molecule has 9 nitrogen and oxygen atoms in total. The van der Waals surface area contributed by atoms with E-state index >= 15 is 0 Å². The van der Waals surface area contributed by atoms with Crippen molar-refractivity contribution in [2.24, 2.45) is 5.10 Å². The van der Waals surface area contributed by atoms with Crippen molar-refractivity contribution in [3.8, 4) is 11.5 Å². The molecule has 0 heterocycles. The molecule has 0 bridgehead atoms. The fourth-order valence-corrected chi connectivity index (χ4v) is 3.24. The number of carbonyl (C=O) groups excluding carboxylic acids is 2. The van der Waals surface area contributed by atoms with Crippen LogP contribution in [0.25, 0.3) is 10.8 Å². The van der Waals surface area contributed by atoms with Crippen LogP contribution in [0.15, 0.2) is 96.1 Å². The third-order valence-corrected chi connectivity index (χ3v) is 4.94. The first-order chi connectivity index (χ1) is 17.0. The summed E-state index contributed by atoms with van der Waals surface area (Å²) in [5.41, 5.74) is 3.21. The van der Waals surface area contributed by atoms with E-state index in [1.165, 1.54) is 30.5 Å². The molecule has 0 aliphatic carbocycles. The topological polar surface area (TPSA) is 120 Å². The predicted molar refractivity (Wildman–Crippen MR) is 130 cm³/mol. The van der Waals surface area contributed by atoms with E-state index in [1.54, 1.807) is 36.4 Å². The standard InChI is InChI=1S/C26H19N3O6/c30-25(17-34-21-13-11-20(12-14-21)29(32)33)28-27-16-23-22-9-5-4-6-18(22)10-15-24(23)35-26(31)19-7-2-1-3-8-19/h1-16H,17H2,(H,28,30). The van der Waals surface area contributed by atoms with Gasteiger partial charge in [0.15, 0.2) is 6.61 Å². The van der Waals surface area contributed by atoms with Crippen molar-refractivity contribution in [1.29, 1.82) is 0 Å². The fraction of sp³-hybridized carbons (Fsp3) is 0.0385. The summed E-state index contributed by atoms with van der Waals surface area (Å²) in [7, 11) is 0. The molecule has 0 aliphatic heterocycles. The van der Waals surface area contributed by atoms with Crippen LogP contribution in [0, 0.1) is 10.1 Å². The predicted octanol–water partition coefficient (Wildman–Crippen LogP) is 4.50. The summed E-state index contributed by atoms with van der Waals surface area (Å²) in [4.78, 5) is 34.9. The summed E-state index contributed by atoms with van der Waals surface area (Å²) in [5.74, 6) is -0.463. The number of amides is 1. The van der Waals surface area contributed by atoms with Crippen LogP contribution in [0.5, 0.6) is 11.5 Å². The summed E-state index contributed by atoms with van der Waals surface area (Å²) < 4.78 is 10.9. The van der Waals surface area contributed by atoms with E-state index in [0.717, 1.165) is 10.8 Å². The second-order valence-electron chi connectivity index (χ2n) is 7.29. The van der Waals surface area contributed by atoms with Crippen LogP contribution in [-0.2, 0) is 4.79 Å². The lowest BCUT2D eigenvalue weighted by molar-refractivity contribution is -0.384. The fourth-order valence-electron chi connectivity index (χ4n) is 3.24. The van der Waals surface area contributed by atoms with Crippen LogP contribution in [0.4, 0.5) is 5.69 Å². The van der Waals surface area contributed by atoms with Crippen LogP contribution in [0.3, 0.4) is 0 Å². The molecule has 0 aromatic heterocycles. The molecule has 1 amide bonds. The van der Waals surface area contributed by atoms with Gasteiger partial charge < -0.3 is 9.47 Å². The van der Waals surface area contributed by atoms with Crippen molar-refractivity contribution in [2.45, 2.75) is 0 Å². The minimum atomic E-state index is -0.539. The molecular weight excluding hydrogens is 450 g/mol. The Morgan fingerprint density at radius 3 is 2.37 bits per heavy atom. The number of ether oxygens (including phenoxy) is 2. The number of non-ortho nitro benzene ring substituents is 1. The van der Waals surface area contributed by atoms with Gasteiger partial charge in [-0.2, -0.15) is 5.10 Å². The summed E-state index contributed by atoms with van der Waals surface area (Å²) in [5, 5.41) is 16.4. The number of nitro groups is 1. The Morgan fingerprint density at radius 2 is 1.63 bits per heavy atom. The number of benzene rings is 4. The third kappa shape index (κ3) is 5.85. The van der Waals surface area contributed by atoms with Gasteiger partial charge in [-0.25, -0.2) is 10.2 Å². The Bertz CT molecular complexity index is 1400. The number of fused-ring (bicyclic) bond motifs is 1. The summed E-state index contributed by atoms with van der Waals surface area (Å²) in [6.45, 7) is -0.347. The first-order valence-corrected chi connectivity index (χ1v) is 10.5. The summed E-state index contributed by atoms with van der Waals surface area (Å²) >= 11 is 0. The SMILES string of the molecule is O=C(COc1ccc([N+](=O)[O-])cc1)NN=Cc1c(OC(=O)c2ccccc2)ccc2ccccc12. The van der Waals surface area contributed by atoms with Crippen LogP contribution >= 0.6 is 0 Å². The monoisotopic (exact) mass is 469 g/mol. The number of nitrogens with one attached hydrogen (secondary N) is 1. The molecule has 0 aliphatic rings. The second-order valence-corrected chi connectivity index (χ2v) is 7.29. The summed E-state index contributed by atoms with van der Waals surface area (Å²) in [6, 6.07) is 25.0. The van der Waals surface area contributed by atoms with Gasteiger partial charge in [-0.3, -0.25) is 14.9 Å². The molecule has 0 spiro atoms. The summed E-state index contributed by atoms with van der Waals surface area (Å²) in [6.07, 6.45) is 1.40. The molecule has 4 aromatic rings. The quantitative estimate of drug-likeness (QED) is 0.133. The van der Waals surface area contributed by atoms with Crippen molar-refractivity contribution in [1.82, 2.24) is 5.43 Å². The molecular formula is C26H19N3O6. The number of esters is 1. The highest BCUT2D eigenvalue weighted by atomic mass is 16.6. The maximum atomic E-state index is 12.6. The molecule has 0 radical (unpaired) electrons. The van der Waals surface area contributed by atoms with Crippen molar-refractivity contribution in [2.75, 3.05) is 6.61 Å². The average molecular weight is 469 g/mol.